The summed E-state index contributed by atoms with van der Waals surface area (Å²) in [7, 11) is 0. The Bertz CT molecular complexity index is 859. The van der Waals surface area contributed by atoms with Gasteiger partial charge >= 0.3 is 0 Å². The molecule has 1 unspecified atom stereocenters. The van der Waals surface area contributed by atoms with Crippen molar-refractivity contribution in [1.29, 1.82) is 0 Å². The average Bonchev–Trinajstić information content (AvgIpc) is 3.33. The lowest BCUT2D eigenvalue weighted by Gasteiger charge is -2.31. The Labute approximate surface area is 160 Å². The van der Waals surface area contributed by atoms with Gasteiger partial charge in [-0.25, -0.2) is 9.37 Å². The first-order valence-corrected chi connectivity index (χ1v) is 10.7. The number of nitrogens with zero attached hydrogens (tertiary/aromatic N) is 4. The summed E-state index contributed by atoms with van der Waals surface area (Å²) in [6, 6.07) is 6.60. The molecular formula is C19H21FN4S2. The highest BCUT2D eigenvalue weighted by Gasteiger charge is 2.25. The normalized spacial score (nSPS) is 17.6. The molecule has 1 saturated heterocycles. The van der Waals surface area contributed by atoms with E-state index in [2.05, 4.69) is 27.4 Å². The largest absolute Gasteiger partial charge is 0.346 e. The lowest BCUT2D eigenvalue weighted by atomic mass is 9.99. The highest BCUT2D eigenvalue weighted by Crippen LogP contribution is 2.33. The van der Waals surface area contributed by atoms with Crippen molar-refractivity contribution in [3.63, 3.8) is 0 Å². The minimum Gasteiger partial charge on any atom is -0.346 e. The third-order valence-corrected chi connectivity index (χ3v) is 6.74. The van der Waals surface area contributed by atoms with Crippen LogP contribution in [0.4, 0.5) is 9.52 Å². The Hall–Kier alpha value is -1.86. The maximum Gasteiger partial charge on any atom is 0.208 e. The second-order valence-electron chi connectivity index (χ2n) is 6.60. The highest BCUT2D eigenvalue weighted by molar-refractivity contribution is 7.15. The number of thiazole rings is 1. The molecule has 4 nitrogen and oxygen atoms in total. The Morgan fingerprint density at radius 3 is 2.85 bits per heavy atom. The third kappa shape index (κ3) is 3.94. The summed E-state index contributed by atoms with van der Waals surface area (Å²) in [5, 5.41) is 14.1. The van der Waals surface area contributed by atoms with Crippen LogP contribution in [0.15, 0.2) is 29.6 Å². The van der Waals surface area contributed by atoms with Crippen molar-refractivity contribution in [2.24, 2.45) is 0 Å². The first kappa shape index (κ1) is 17.5. The molecule has 0 saturated carbocycles. The summed E-state index contributed by atoms with van der Waals surface area (Å²) >= 11 is 3.42. The van der Waals surface area contributed by atoms with E-state index in [1.807, 2.05) is 0 Å². The molecule has 3 heterocycles. The van der Waals surface area contributed by atoms with Crippen LogP contribution in [-0.2, 0) is 12.8 Å². The number of aryl methyl sites for hydroxylation is 1. The Kier molecular flexibility index (Phi) is 5.26. The minimum absolute atomic E-state index is 0.209. The van der Waals surface area contributed by atoms with Crippen molar-refractivity contribution in [3.05, 3.63) is 56.7 Å². The van der Waals surface area contributed by atoms with Gasteiger partial charge < -0.3 is 4.90 Å². The number of rotatable bonds is 5. The lowest BCUT2D eigenvalue weighted by molar-refractivity contribution is 0.506. The molecule has 0 N–H and O–H groups in total. The van der Waals surface area contributed by atoms with Gasteiger partial charge in [-0.1, -0.05) is 30.4 Å². The zero-order valence-corrected chi connectivity index (χ0v) is 16.3. The maximum absolute atomic E-state index is 13.0. The van der Waals surface area contributed by atoms with E-state index in [9.17, 15) is 4.39 Å². The van der Waals surface area contributed by atoms with Crippen LogP contribution in [0.5, 0.6) is 0 Å². The predicted octanol–water partition coefficient (Wildman–Crippen LogP) is 4.67. The third-order valence-electron chi connectivity index (χ3n) is 4.70. The van der Waals surface area contributed by atoms with E-state index in [-0.39, 0.29) is 5.82 Å². The number of hydrogen-bond donors (Lipinski definition) is 0. The molecule has 0 bridgehead atoms. The van der Waals surface area contributed by atoms with Gasteiger partial charge in [0.15, 0.2) is 0 Å². The van der Waals surface area contributed by atoms with Gasteiger partial charge in [0.05, 0.1) is 10.7 Å². The number of anilines is 1. The number of aromatic nitrogens is 3. The zero-order chi connectivity index (χ0) is 17.9. The van der Waals surface area contributed by atoms with E-state index in [0.29, 0.717) is 12.3 Å². The van der Waals surface area contributed by atoms with E-state index < -0.39 is 0 Å². The summed E-state index contributed by atoms with van der Waals surface area (Å²) in [5.41, 5.74) is 2.25. The molecule has 7 heteroatoms. The number of benzene rings is 1. The van der Waals surface area contributed by atoms with Gasteiger partial charge in [0.2, 0.25) is 5.13 Å². The first-order chi connectivity index (χ1) is 12.7. The predicted molar refractivity (Wildman–Crippen MR) is 105 cm³/mol. The summed E-state index contributed by atoms with van der Waals surface area (Å²) in [6.07, 6.45) is 4.03. The van der Waals surface area contributed by atoms with Gasteiger partial charge in [0.25, 0.3) is 0 Å². The zero-order valence-electron chi connectivity index (χ0n) is 14.7. The van der Waals surface area contributed by atoms with Crippen LogP contribution in [0.2, 0.25) is 0 Å². The molecule has 0 aliphatic carbocycles. The monoisotopic (exact) mass is 388 g/mol. The van der Waals surface area contributed by atoms with Gasteiger partial charge in [0, 0.05) is 30.8 Å². The Morgan fingerprint density at radius 2 is 2.08 bits per heavy atom. The fourth-order valence-electron chi connectivity index (χ4n) is 3.25. The highest BCUT2D eigenvalue weighted by atomic mass is 32.1. The van der Waals surface area contributed by atoms with Crippen LogP contribution in [-0.4, -0.2) is 28.3 Å². The molecule has 2 aromatic heterocycles. The van der Waals surface area contributed by atoms with Crippen molar-refractivity contribution < 1.29 is 4.39 Å². The number of piperidine rings is 1. The van der Waals surface area contributed by atoms with Crippen molar-refractivity contribution in [2.75, 3.05) is 18.0 Å². The van der Waals surface area contributed by atoms with Gasteiger partial charge in [-0.2, -0.15) is 0 Å². The molecule has 1 aliphatic rings. The van der Waals surface area contributed by atoms with Gasteiger partial charge in [-0.15, -0.1) is 21.5 Å². The Balaban J connectivity index is 1.44. The number of hydrogen-bond acceptors (Lipinski definition) is 6. The van der Waals surface area contributed by atoms with Crippen molar-refractivity contribution in [3.8, 4) is 0 Å². The molecule has 1 aliphatic heterocycles. The van der Waals surface area contributed by atoms with Gasteiger partial charge in [-0.3, -0.25) is 0 Å². The SMILES string of the molecule is CCc1csc(C2CCCN(c3nnc(Cc4ccc(F)cc4)s3)C2)n1. The van der Waals surface area contributed by atoms with E-state index in [4.69, 9.17) is 4.98 Å². The van der Waals surface area contributed by atoms with E-state index >= 15 is 0 Å². The van der Waals surface area contributed by atoms with Gasteiger partial charge in [0.1, 0.15) is 10.8 Å². The van der Waals surface area contributed by atoms with Crippen LogP contribution >= 0.6 is 22.7 Å². The molecule has 0 spiro atoms. The van der Waals surface area contributed by atoms with Crippen LogP contribution in [0.25, 0.3) is 0 Å². The first-order valence-electron chi connectivity index (χ1n) is 8.97. The molecule has 1 fully saturated rings. The molecule has 1 atom stereocenters. The Morgan fingerprint density at radius 1 is 1.23 bits per heavy atom. The molecule has 4 rings (SSSR count). The standard InChI is InChI=1S/C19H21FN4S2/c1-2-16-12-25-18(21-16)14-4-3-9-24(11-14)19-23-22-17(26-19)10-13-5-7-15(20)8-6-13/h5-8,12,14H,2-4,9-11H2,1H3. The molecule has 136 valence electrons. The van der Waals surface area contributed by atoms with Crippen LogP contribution in [0, 0.1) is 5.82 Å². The molecule has 3 aromatic rings. The second-order valence-corrected chi connectivity index (χ2v) is 8.53. The van der Waals surface area contributed by atoms with E-state index in [0.717, 1.165) is 41.6 Å². The van der Waals surface area contributed by atoms with Crippen molar-refractivity contribution in [2.45, 2.75) is 38.5 Å². The maximum atomic E-state index is 13.0. The van der Waals surface area contributed by atoms with E-state index in [1.165, 1.54) is 29.3 Å². The summed E-state index contributed by atoms with van der Waals surface area (Å²) in [4.78, 5) is 7.12. The molecule has 0 amide bonds. The van der Waals surface area contributed by atoms with Crippen LogP contribution in [0.1, 0.15) is 47.0 Å². The van der Waals surface area contributed by atoms with Crippen LogP contribution in [0.3, 0.4) is 0 Å². The number of halogens is 1. The molecule has 0 radical (unpaired) electrons. The molecular weight excluding hydrogens is 367 g/mol. The van der Waals surface area contributed by atoms with E-state index in [1.54, 1.807) is 34.8 Å². The van der Waals surface area contributed by atoms with Gasteiger partial charge in [-0.05, 0) is 37.0 Å². The summed E-state index contributed by atoms with van der Waals surface area (Å²) in [6.45, 7) is 4.13. The minimum atomic E-state index is -0.209. The lowest BCUT2D eigenvalue weighted by Crippen LogP contribution is -2.34. The summed E-state index contributed by atoms with van der Waals surface area (Å²) < 4.78 is 13.0. The van der Waals surface area contributed by atoms with Crippen molar-refractivity contribution in [1.82, 2.24) is 15.2 Å². The molecule has 1 aromatic carbocycles. The molecule has 26 heavy (non-hydrogen) atoms. The average molecular weight is 389 g/mol. The fraction of sp³-hybridized carbons (Fsp3) is 0.421. The smallest absolute Gasteiger partial charge is 0.208 e. The second kappa shape index (κ2) is 7.80. The fourth-order valence-corrected chi connectivity index (χ4v) is 5.18. The van der Waals surface area contributed by atoms with Crippen molar-refractivity contribution >= 4 is 27.8 Å². The quantitative estimate of drug-likeness (QED) is 0.637. The van der Waals surface area contributed by atoms with Crippen LogP contribution < -0.4 is 4.90 Å². The topological polar surface area (TPSA) is 41.9 Å². The summed E-state index contributed by atoms with van der Waals surface area (Å²) in [5.74, 6) is 0.276.